The van der Waals surface area contributed by atoms with Crippen molar-refractivity contribution in [1.82, 2.24) is 4.90 Å². The van der Waals surface area contributed by atoms with E-state index in [1.54, 1.807) is 11.8 Å². The number of carbonyl (C=O) groups excluding carboxylic acids is 3. The van der Waals surface area contributed by atoms with Crippen LogP contribution in [-0.2, 0) is 33.0 Å². The Labute approximate surface area is 324 Å². The number of aliphatic hydroxyl groups is 1. The van der Waals surface area contributed by atoms with Crippen LogP contribution in [0.3, 0.4) is 0 Å². The second-order valence-electron chi connectivity index (χ2n) is 15.3. The van der Waals surface area contributed by atoms with Crippen molar-refractivity contribution in [1.29, 1.82) is 0 Å². The Bertz CT molecular complexity index is 2380. The number of carbonyl (C=O) groups is 3. The van der Waals surface area contributed by atoms with Gasteiger partial charge in [-0.25, -0.2) is 0 Å². The van der Waals surface area contributed by atoms with Crippen molar-refractivity contribution in [3.8, 4) is 0 Å². The summed E-state index contributed by atoms with van der Waals surface area (Å²) in [4.78, 5) is 58.7. The predicted octanol–water partition coefficient (Wildman–Crippen LogP) is 7.77. The molecule has 0 aromatic heterocycles. The highest BCUT2D eigenvalue weighted by Gasteiger charge is 2.67. The van der Waals surface area contributed by atoms with Crippen LogP contribution in [0.15, 0.2) is 109 Å². The fourth-order valence-corrected chi connectivity index (χ4v) is 11.6. The lowest BCUT2D eigenvalue weighted by molar-refractivity contribution is -0.385. The molecular weight excluding hydrogens is 732 g/mol. The van der Waals surface area contributed by atoms with E-state index >= 15 is 4.11 Å². The zero-order chi connectivity index (χ0) is 39.5. The van der Waals surface area contributed by atoms with Gasteiger partial charge in [0.25, 0.3) is 17.5 Å². The standard InChI is InChI=1S/C43H41FN4O7Si/c1-27-40(56(2,3)44)37(24-38(50)45(21-22-49)25-28-9-5-4-6-10-28)55-43(27)34-23-32(48(53)54)19-20-35(34)46(42(43)52)26-29-15-17-31(18-16-29)47-36-14-8-12-30-11-7-13-33(39(30)36)41(47)51/h4-20,23,27,37,40,49H,21-22,24-26H2,1-3H3/t27-,37+,40-,43+/m0/s1. The van der Waals surface area contributed by atoms with E-state index in [9.17, 15) is 29.6 Å². The maximum absolute atomic E-state index is 16.5. The van der Waals surface area contributed by atoms with Crippen molar-refractivity contribution >= 4 is 59.7 Å². The first-order chi connectivity index (χ1) is 26.8. The van der Waals surface area contributed by atoms with E-state index in [-0.39, 0.29) is 55.7 Å². The Morgan fingerprint density at radius 3 is 2.34 bits per heavy atom. The molecule has 1 saturated heterocycles. The number of benzene rings is 5. The minimum Gasteiger partial charge on any atom is -0.395 e. The number of nitro groups is 1. The number of halogens is 1. The molecule has 3 aliphatic rings. The van der Waals surface area contributed by atoms with Gasteiger partial charge in [0.2, 0.25) is 14.3 Å². The molecule has 3 aliphatic heterocycles. The molecular formula is C43H41FN4O7Si. The highest BCUT2D eigenvalue weighted by Crippen LogP contribution is 2.61. The fourth-order valence-electron chi connectivity index (χ4n) is 9.13. The normalized spacial score (nSPS) is 21.3. The van der Waals surface area contributed by atoms with Gasteiger partial charge in [-0.2, -0.15) is 0 Å². The van der Waals surface area contributed by atoms with Gasteiger partial charge in [-0.05, 0) is 59.9 Å². The monoisotopic (exact) mass is 772 g/mol. The second kappa shape index (κ2) is 14.1. The van der Waals surface area contributed by atoms with E-state index in [1.165, 1.54) is 41.1 Å². The van der Waals surface area contributed by atoms with Crippen LogP contribution in [0, 0.1) is 16.0 Å². The number of anilines is 3. The maximum Gasteiger partial charge on any atom is 0.269 e. The highest BCUT2D eigenvalue weighted by atomic mass is 28.4. The number of hydrogen-bond donors (Lipinski definition) is 1. The van der Waals surface area contributed by atoms with Crippen molar-refractivity contribution in [2.45, 2.75) is 56.8 Å². The van der Waals surface area contributed by atoms with Crippen LogP contribution >= 0.6 is 0 Å². The summed E-state index contributed by atoms with van der Waals surface area (Å²) in [5.74, 6) is -1.77. The van der Waals surface area contributed by atoms with E-state index in [1.807, 2.05) is 91.0 Å². The lowest BCUT2D eigenvalue weighted by Gasteiger charge is -2.31. The van der Waals surface area contributed by atoms with E-state index in [4.69, 9.17) is 4.74 Å². The first-order valence-electron chi connectivity index (χ1n) is 18.7. The maximum atomic E-state index is 16.5. The molecule has 3 amide bonds. The Hall–Kier alpha value is -5.76. The van der Waals surface area contributed by atoms with Crippen LogP contribution in [0.25, 0.3) is 10.8 Å². The number of aliphatic hydroxyl groups excluding tert-OH is 1. The Kier molecular flexibility index (Phi) is 9.34. The molecule has 1 spiro atoms. The summed E-state index contributed by atoms with van der Waals surface area (Å²) >= 11 is 0. The summed E-state index contributed by atoms with van der Waals surface area (Å²) in [5.41, 5.74) is 1.47. The van der Waals surface area contributed by atoms with Crippen LogP contribution in [0.1, 0.15) is 40.4 Å². The van der Waals surface area contributed by atoms with Crippen LogP contribution in [0.4, 0.5) is 26.9 Å². The van der Waals surface area contributed by atoms with Crippen LogP contribution in [0.2, 0.25) is 18.6 Å². The van der Waals surface area contributed by atoms with Gasteiger partial charge in [0, 0.05) is 53.3 Å². The number of amides is 3. The highest BCUT2D eigenvalue weighted by molar-refractivity contribution is 6.72. The molecule has 286 valence electrons. The number of ether oxygens (including phenoxy) is 1. The average Bonchev–Trinajstić information content (AvgIpc) is 3.73. The summed E-state index contributed by atoms with van der Waals surface area (Å²) in [6.07, 6.45) is -1.25. The minimum absolute atomic E-state index is 0.0529. The number of nitro benzene ring substituents is 1. The number of hydrogen-bond acceptors (Lipinski definition) is 7. The van der Waals surface area contributed by atoms with Gasteiger partial charge in [-0.1, -0.05) is 73.7 Å². The van der Waals surface area contributed by atoms with E-state index < -0.39 is 42.4 Å². The predicted molar refractivity (Wildman–Crippen MR) is 213 cm³/mol. The molecule has 13 heteroatoms. The summed E-state index contributed by atoms with van der Waals surface area (Å²) in [6.45, 7) is 4.87. The molecule has 1 N–H and O–H groups in total. The molecule has 11 nitrogen and oxygen atoms in total. The van der Waals surface area contributed by atoms with E-state index in [0.29, 0.717) is 16.9 Å². The number of non-ortho nitro benzene ring substituents is 1. The summed E-state index contributed by atoms with van der Waals surface area (Å²) < 4.78 is 23.3. The number of nitrogens with zero attached hydrogens (tertiary/aromatic N) is 4. The third kappa shape index (κ3) is 6.06. The second-order valence-corrected chi connectivity index (χ2v) is 19.1. The third-order valence-electron chi connectivity index (χ3n) is 11.6. The fraction of sp³-hybridized carbons (Fsp3) is 0.279. The van der Waals surface area contributed by atoms with Crippen LogP contribution < -0.4 is 9.80 Å². The topological polar surface area (TPSA) is 134 Å². The van der Waals surface area contributed by atoms with Crippen molar-refractivity contribution in [2.24, 2.45) is 5.92 Å². The molecule has 8 rings (SSSR count). The molecule has 0 saturated carbocycles. The molecule has 5 aromatic rings. The summed E-state index contributed by atoms with van der Waals surface area (Å²) in [6, 6.07) is 32.3. The Morgan fingerprint density at radius 2 is 1.66 bits per heavy atom. The molecule has 0 unspecified atom stereocenters. The zero-order valence-corrected chi connectivity index (χ0v) is 32.2. The van der Waals surface area contributed by atoms with Gasteiger partial charge < -0.3 is 23.8 Å². The Morgan fingerprint density at radius 1 is 0.946 bits per heavy atom. The van der Waals surface area contributed by atoms with Gasteiger partial charge in [0.05, 0.1) is 47.5 Å². The molecule has 56 heavy (non-hydrogen) atoms. The van der Waals surface area contributed by atoms with Crippen molar-refractivity contribution in [3.63, 3.8) is 0 Å². The van der Waals surface area contributed by atoms with Crippen molar-refractivity contribution in [3.05, 3.63) is 142 Å². The van der Waals surface area contributed by atoms with E-state index in [0.717, 1.165) is 27.6 Å². The molecule has 0 radical (unpaired) electrons. The minimum atomic E-state index is -3.67. The van der Waals surface area contributed by atoms with Gasteiger partial charge in [-0.15, -0.1) is 0 Å². The zero-order valence-electron chi connectivity index (χ0n) is 31.2. The smallest absolute Gasteiger partial charge is 0.269 e. The quantitative estimate of drug-likeness (QED) is 0.0628. The van der Waals surface area contributed by atoms with Crippen molar-refractivity contribution < 1.29 is 33.3 Å². The molecule has 0 bridgehead atoms. The van der Waals surface area contributed by atoms with Gasteiger partial charge in [0.15, 0.2) is 5.60 Å². The van der Waals surface area contributed by atoms with E-state index in [2.05, 4.69) is 0 Å². The Balaban J connectivity index is 1.11. The average molecular weight is 773 g/mol. The number of fused-ring (bicyclic) bond motifs is 2. The third-order valence-corrected chi connectivity index (χ3v) is 14.0. The van der Waals surface area contributed by atoms with Crippen LogP contribution in [0.5, 0.6) is 0 Å². The van der Waals surface area contributed by atoms with Gasteiger partial charge >= 0.3 is 0 Å². The SMILES string of the molecule is C[C@H]1[C@H]([Si](C)(C)F)[C@@H](CC(=O)N(CCO)Cc2ccccc2)O[C@]12C(=O)N(Cc1ccc(N3C(=O)c4cccc5cccc3c45)cc1)c1ccc([N+](=O)[O-])cc12. The molecule has 5 aromatic carbocycles. The number of rotatable bonds is 11. The molecule has 0 aliphatic carbocycles. The first kappa shape index (κ1) is 37.2. The molecule has 3 heterocycles. The van der Waals surface area contributed by atoms with Gasteiger partial charge in [0.1, 0.15) is 0 Å². The molecule has 1 fully saturated rings. The first-order valence-corrected chi connectivity index (χ1v) is 21.6. The van der Waals surface area contributed by atoms with Crippen molar-refractivity contribution in [2.75, 3.05) is 23.0 Å². The van der Waals surface area contributed by atoms with Gasteiger partial charge in [-0.3, -0.25) is 29.4 Å². The lowest BCUT2D eigenvalue weighted by atomic mass is 9.82. The lowest BCUT2D eigenvalue weighted by Crippen LogP contribution is -2.45. The largest absolute Gasteiger partial charge is 0.395 e. The summed E-state index contributed by atoms with van der Waals surface area (Å²) in [7, 11) is -3.67. The van der Waals surface area contributed by atoms with Crippen LogP contribution in [-0.4, -0.2) is 60.3 Å². The molecule has 4 atom stereocenters. The summed E-state index contributed by atoms with van der Waals surface area (Å²) in [5, 5.41) is 23.8.